The number of rotatable bonds is 6. The minimum Gasteiger partial charge on any atom is -0.506 e. The molecule has 0 saturated carbocycles. The third-order valence-electron chi connectivity index (χ3n) is 7.28. The minimum absolute atomic E-state index is 0.0301. The van der Waals surface area contributed by atoms with E-state index < -0.39 is 57.3 Å². The van der Waals surface area contributed by atoms with Crippen LogP contribution < -0.4 is 10.2 Å². The summed E-state index contributed by atoms with van der Waals surface area (Å²) in [6.45, 7) is 12.1. The Morgan fingerprint density at radius 3 is 2.13 bits per heavy atom. The zero-order chi connectivity index (χ0) is 29.1. The van der Waals surface area contributed by atoms with Crippen LogP contribution >= 0.6 is 0 Å². The molecular formula is C31H34O8. The van der Waals surface area contributed by atoms with E-state index in [0.29, 0.717) is 0 Å². The summed E-state index contributed by atoms with van der Waals surface area (Å²) >= 11 is 0. The largest absolute Gasteiger partial charge is 0.506 e. The summed E-state index contributed by atoms with van der Waals surface area (Å²) in [6, 6.07) is 1.42. The quantitative estimate of drug-likeness (QED) is 0.386. The third kappa shape index (κ3) is 4.56. The number of phenols is 1. The number of hydrogen-bond donors (Lipinski definition) is 2. The summed E-state index contributed by atoms with van der Waals surface area (Å²) in [6.07, 6.45) is 6.07. The van der Waals surface area contributed by atoms with Crippen molar-refractivity contribution >= 4 is 34.4 Å². The molecule has 8 nitrogen and oxygen atoms in total. The molecule has 1 atom stereocenters. The second kappa shape index (κ2) is 9.45. The van der Waals surface area contributed by atoms with Crippen molar-refractivity contribution in [3.05, 3.63) is 62.6 Å². The molecule has 0 bridgehead atoms. The van der Waals surface area contributed by atoms with Gasteiger partial charge in [-0.1, -0.05) is 23.3 Å². The maximum absolute atomic E-state index is 14.3. The van der Waals surface area contributed by atoms with Crippen molar-refractivity contribution in [1.29, 1.82) is 0 Å². The van der Waals surface area contributed by atoms with Crippen LogP contribution in [0.25, 0.3) is 17.0 Å². The van der Waals surface area contributed by atoms with Crippen LogP contribution in [0.15, 0.2) is 44.7 Å². The second-order valence-electron chi connectivity index (χ2n) is 11.6. The Morgan fingerprint density at radius 1 is 1.00 bits per heavy atom. The van der Waals surface area contributed by atoms with E-state index >= 15 is 0 Å². The van der Waals surface area contributed by atoms with Gasteiger partial charge in [-0.2, -0.15) is 0 Å². The summed E-state index contributed by atoms with van der Waals surface area (Å²) in [5, 5.41) is 22.6. The minimum atomic E-state index is -2.72. The number of carbonyl (C=O) groups excluding carboxylic acids is 3. The number of ether oxygens (including phenoxy) is 1. The lowest BCUT2D eigenvalue weighted by atomic mass is 9.59. The van der Waals surface area contributed by atoms with E-state index in [1.165, 1.54) is 13.0 Å². The number of benzene rings is 1. The highest BCUT2D eigenvalue weighted by Crippen LogP contribution is 2.48. The summed E-state index contributed by atoms with van der Waals surface area (Å²) in [4.78, 5) is 54.4. The molecule has 0 spiro atoms. The maximum Gasteiger partial charge on any atom is 0.238 e. The van der Waals surface area contributed by atoms with Gasteiger partial charge in [-0.05, 0) is 73.5 Å². The third-order valence-corrected chi connectivity index (χ3v) is 7.28. The molecule has 1 aliphatic heterocycles. The molecular weight excluding hydrogens is 500 g/mol. The van der Waals surface area contributed by atoms with Crippen molar-refractivity contribution in [3.8, 4) is 11.5 Å². The van der Waals surface area contributed by atoms with E-state index in [1.54, 1.807) is 24.3 Å². The van der Waals surface area contributed by atoms with E-state index in [0.717, 1.165) is 11.1 Å². The number of ketones is 3. The van der Waals surface area contributed by atoms with Crippen LogP contribution in [0.4, 0.5) is 0 Å². The first-order chi connectivity index (χ1) is 18.0. The van der Waals surface area contributed by atoms with Gasteiger partial charge in [0, 0.05) is 12.5 Å². The van der Waals surface area contributed by atoms with Gasteiger partial charge in [-0.15, -0.1) is 0 Å². The Morgan fingerprint density at radius 2 is 1.59 bits per heavy atom. The summed E-state index contributed by atoms with van der Waals surface area (Å²) in [5.41, 5.74) is -4.29. The first-order valence-corrected chi connectivity index (χ1v) is 12.9. The van der Waals surface area contributed by atoms with E-state index in [-0.39, 0.29) is 40.7 Å². The van der Waals surface area contributed by atoms with Crippen molar-refractivity contribution in [1.82, 2.24) is 0 Å². The standard InChI is InChI=1S/C31H34O8/c1-16(2)8-12-30(13-9-17(3)4)23-25(34)22-21(14-20-19(24(22)33)10-11-29(6,7)39-20)38-26(23)27(35)31(37,28(30)36)15-18(5)32/h8-11,14,33,37H,12-13,15H2,1-7H3/t31-/m0/s1. The maximum atomic E-state index is 14.3. The normalized spacial score (nSPS) is 20.6. The van der Waals surface area contributed by atoms with Gasteiger partial charge in [0.1, 0.15) is 33.9 Å². The molecule has 0 saturated heterocycles. The molecule has 0 unspecified atom stereocenters. The zero-order valence-corrected chi connectivity index (χ0v) is 23.4. The topological polar surface area (TPSA) is 131 Å². The van der Waals surface area contributed by atoms with Gasteiger partial charge in [0.25, 0.3) is 0 Å². The number of aromatic hydroxyl groups is 1. The average molecular weight is 535 g/mol. The molecule has 4 rings (SSSR count). The Hall–Kier alpha value is -3.78. The summed E-state index contributed by atoms with van der Waals surface area (Å²) in [7, 11) is 0. The molecule has 0 radical (unpaired) electrons. The zero-order valence-electron chi connectivity index (χ0n) is 23.4. The molecule has 206 valence electrons. The number of allylic oxidation sites excluding steroid dienone is 4. The van der Waals surface area contributed by atoms with E-state index in [4.69, 9.17) is 9.15 Å². The predicted octanol–water partition coefficient (Wildman–Crippen LogP) is 5.11. The SMILES string of the molecule is CC(=O)C[C@]1(O)C(=O)c2oc3cc4c(c(O)c3c(=O)c2C(CC=C(C)C)(CC=C(C)C)C1=O)C=CC(C)(C)O4. The number of phenolic OH excluding ortho intramolecular Hbond substituents is 1. The Balaban J connectivity index is 2.18. The highest BCUT2D eigenvalue weighted by atomic mass is 16.5. The van der Waals surface area contributed by atoms with Crippen molar-refractivity contribution < 1.29 is 33.8 Å². The van der Waals surface area contributed by atoms with Gasteiger partial charge in [0.2, 0.25) is 11.2 Å². The van der Waals surface area contributed by atoms with Crippen LogP contribution in [-0.2, 0) is 15.0 Å². The van der Waals surface area contributed by atoms with Crippen molar-refractivity contribution in [2.45, 2.75) is 84.3 Å². The number of fused-ring (bicyclic) bond motifs is 3. The Bertz CT molecular complexity index is 1550. The molecule has 8 heteroatoms. The first-order valence-electron chi connectivity index (χ1n) is 12.9. The molecule has 2 aromatic rings. The van der Waals surface area contributed by atoms with E-state index in [2.05, 4.69) is 0 Å². The number of Topliss-reactive ketones (excluding diaryl/α,β-unsaturated/α-hetero) is 3. The lowest BCUT2D eigenvalue weighted by Gasteiger charge is -2.42. The van der Waals surface area contributed by atoms with Gasteiger partial charge in [-0.25, -0.2) is 0 Å². The van der Waals surface area contributed by atoms with Gasteiger partial charge in [0.15, 0.2) is 17.1 Å². The van der Waals surface area contributed by atoms with Crippen LogP contribution in [0.3, 0.4) is 0 Å². The van der Waals surface area contributed by atoms with Crippen LogP contribution in [-0.4, -0.2) is 38.8 Å². The highest BCUT2D eigenvalue weighted by Gasteiger charge is 2.62. The lowest BCUT2D eigenvalue weighted by Crippen LogP contribution is -2.62. The van der Waals surface area contributed by atoms with Crippen molar-refractivity contribution in [3.63, 3.8) is 0 Å². The predicted molar refractivity (Wildman–Crippen MR) is 147 cm³/mol. The molecule has 2 heterocycles. The molecule has 1 aromatic carbocycles. The Labute approximate surface area is 226 Å². The van der Waals surface area contributed by atoms with Crippen molar-refractivity contribution in [2.75, 3.05) is 0 Å². The average Bonchev–Trinajstić information content (AvgIpc) is 2.81. The van der Waals surface area contributed by atoms with Gasteiger partial charge >= 0.3 is 0 Å². The fourth-order valence-electron chi connectivity index (χ4n) is 5.32. The molecule has 2 aliphatic rings. The van der Waals surface area contributed by atoms with Gasteiger partial charge in [0.05, 0.1) is 16.5 Å². The highest BCUT2D eigenvalue weighted by molar-refractivity contribution is 6.25. The number of carbonyl (C=O) groups is 3. The fraction of sp³-hybridized carbons (Fsp3) is 0.419. The molecule has 2 N–H and O–H groups in total. The number of hydrogen-bond acceptors (Lipinski definition) is 8. The molecule has 39 heavy (non-hydrogen) atoms. The lowest BCUT2D eigenvalue weighted by molar-refractivity contribution is -0.144. The van der Waals surface area contributed by atoms with E-state index in [9.17, 15) is 29.4 Å². The number of aliphatic hydroxyl groups is 1. The summed E-state index contributed by atoms with van der Waals surface area (Å²) in [5.74, 6) is -3.31. The van der Waals surface area contributed by atoms with Crippen LogP contribution in [0.1, 0.15) is 89.4 Å². The fourth-order valence-corrected chi connectivity index (χ4v) is 5.32. The van der Waals surface area contributed by atoms with Gasteiger partial charge in [-0.3, -0.25) is 19.2 Å². The Kier molecular flexibility index (Phi) is 6.84. The molecule has 0 amide bonds. The van der Waals surface area contributed by atoms with Crippen LogP contribution in [0.2, 0.25) is 0 Å². The smallest absolute Gasteiger partial charge is 0.238 e. The van der Waals surface area contributed by atoms with Gasteiger partial charge < -0.3 is 19.4 Å². The monoisotopic (exact) mass is 534 g/mol. The molecule has 1 aliphatic carbocycles. The van der Waals surface area contributed by atoms with Crippen molar-refractivity contribution in [2.24, 2.45) is 0 Å². The molecule has 1 aromatic heterocycles. The summed E-state index contributed by atoms with van der Waals surface area (Å²) < 4.78 is 12.0. The van der Waals surface area contributed by atoms with Crippen LogP contribution in [0.5, 0.6) is 11.5 Å². The molecule has 0 fully saturated rings. The van der Waals surface area contributed by atoms with Crippen LogP contribution in [0, 0.1) is 0 Å². The van der Waals surface area contributed by atoms with E-state index in [1.807, 2.05) is 41.5 Å². The second-order valence-corrected chi connectivity index (χ2v) is 11.6. The first kappa shape index (κ1) is 28.2.